The van der Waals surface area contributed by atoms with Gasteiger partial charge >= 0.3 is 0 Å². The molecule has 4 aromatic carbocycles. The van der Waals surface area contributed by atoms with Crippen molar-refractivity contribution in [3.8, 4) is 5.75 Å². The number of carbonyl (C=O) groups excluding carboxylic acids is 1. The summed E-state index contributed by atoms with van der Waals surface area (Å²) in [6.45, 7) is 5.61. The molecule has 4 rings (SSSR count). The second-order valence-electron chi connectivity index (χ2n) is 9.45. The van der Waals surface area contributed by atoms with E-state index in [1.807, 2.05) is 51.1 Å². The van der Waals surface area contributed by atoms with Gasteiger partial charge in [-0.1, -0.05) is 47.5 Å². The lowest BCUT2D eigenvalue weighted by Crippen LogP contribution is -2.39. The summed E-state index contributed by atoms with van der Waals surface area (Å²) in [6.07, 6.45) is 1.48. The first-order chi connectivity index (χ1) is 19.1. The number of ether oxygens (including phenoxy) is 1. The molecule has 0 spiro atoms. The Hall–Kier alpha value is -4.14. The van der Waals surface area contributed by atoms with E-state index in [-0.39, 0.29) is 4.90 Å². The normalized spacial score (nSPS) is 11.4. The monoisotopic (exact) mass is 575 g/mol. The second-order valence-corrected chi connectivity index (χ2v) is 11.7. The molecule has 0 aromatic heterocycles. The van der Waals surface area contributed by atoms with Gasteiger partial charge in [0.15, 0.2) is 0 Å². The van der Waals surface area contributed by atoms with Crippen molar-refractivity contribution in [2.24, 2.45) is 5.10 Å². The first-order valence-electron chi connectivity index (χ1n) is 12.6. The van der Waals surface area contributed by atoms with Gasteiger partial charge in [-0.2, -0.15) is 5.10 Å². The van der Waals surface area contributed by atoms with E-state index in [4.69, 9.17) is 16.3 Å². The van der Waals surface area contributed by atoms with Crippen LogP contribution in [-0.4, -0.2) is 27.1 Å². The molecule has 0 heterocycles. The number of rotatable bonds is 10. The van der Waals surface area contributed by atoms with Gasteiger partial charge in [-0.25, -0.2) is 13.8 Å². The molecule has 1 amide bonds. The largest absolute Gasteiger partial charge is 0.489 e. The Kier molecular flexibility index (Phi) is 9.24. The zero-order chi connectivity index (χ0) is 28.7. The smallest absolute Gasteiger partial charge is 0.264 e. The Morgan fingerprint density at radius 2 is 1.50 bits per heavy atom. The van der Waals surface area contributed by atoms with Gasteiger partial charge in [-0.15, -0.1) is 0 Å². The van der Waals surface area contributed by atoms with Crippen LogP contribution >= 0.6 is 11.6 Å². The molecule has 0 bridgehead atoms. The molecule has 0 saturated heterocycles. The summed E-state index contributed by atoms with van der Waals surface area (Å²) in [6, 6.07) is 26.6. The number of aryl methyl sites for hydroxylation is 3. The van der Waals surface area contributed by atoms with E-state index >= 15 is 0 Å². The molecule has 0 fully saturated rings. The van der Waals surface area contributed by atoms with Crippen LogP contribution in [0.5, 0.6) is 5.75 Å². The molecule has 0 radical (unpaired) electrons. The van der Waals surface area contributed by atoms with Gasteiger partial charge in [0.1, 0.15) is 18.9 Å². The maximum Gasteiger partial charge on any atom is 0.264 e. The third-order valence-corrected chi connectivity index (χ3v) is 8.03. The zero-order valence-electron chi connectivity index (χ0n) is 22.5. The Bertz CT molecular complexity index is 1580. The molecule has 0 unspecified atom stereocenters. The number of amides is 1. The zero-order valence-corrected chi connectivity index (χ0v) is 24.0. The molecule has 4 aromatic rings. The lowest BCUT2D eigenvalue weighted by Gasteiger charge is -2.24. The van der Waals surface area contributed by atoms with Crippen molar-refractivity contribution in [2.45, 2.75) is 32.3 Å². The molecule has 0 saturated carbocycles. The fourth-order valence-electron chi connectivity index (χ4n) is 3.99. The predicted molar refractivity (Wildman–Crippen MR) is 160 cm³/mol. The topological polar surface area (TPSA) is 88.1 Å². The highest BCUT2D eigenvalue weighted by Gasteiger charge is 2.27. The van der Waals surface area contributed by atoms with Crippen LogP contribution in [0.1, 0.15) is 27.8 Å². The van der Waals surface area contributed by atoms with Crippen molar-refractivity contribution < 1.29 is 17.9 Å². The summed E-state index contributed by atoms with van der Waals surface area (Å²) < 4.78 is 34.0. The number of carbonyl (C=O) groups is 1. The van der Waals surface area contributed by atoms with Gasteiger partial charge in [-0.3, -0.25) is 9.10 Å². The molecule has 0 aliphatic rings. The minimum absolute atomic E-state index is 0.104. The first kappa shape index (κ1) is 28.9. The fraction of sp³-hybridized carbons (Fsp3) is 0.161. The van der Waals surface area contributed by atoms with Gasteiger partial charge in [0.25, 0.3) is 15.9 Å². The summed E-state index contributed by atoms with van der Waals surface area (Å²) >= 11 is 5.91. The number of hydrogen-bond acceptors (Lipinski definition) is 5. The van der Waals surface area contributed by atoms with E-state index in [2.05, 4.69) is 10.5 Å². The molecule has 7 nitrogen and oxygen atoms in total. The standard InChI is InChI=1S/C31H30ClN3O4S/c1-22-4-14-30(15-5-22)40(37,38)35(28-17-23(2)16-24(3)18-28)20-31(36)34-33-19-25-8-12-29(13-9-25)39-21-26-6-10-27(32)11-7-26/h4-19H,20-21H2,1-3H3,(H,34,36)/b33-19-. The van der Waals surface area contributed by atoms with Crippen LogP contribution in [0.4, 0.5) is 5.69 Å². The summed E-state index contributed by atoms with van der Waals surface area (Å²) in [5.74, 6) is 0.107. The number of nitrogens with one attached hydrogen (secondary N) is 1. The fourth-order valence-corrected chi connectivity index (χ4v) is 5.52. The van der Waals surface area contributed by atoms with Crippen molar-refractivity contribution >= 4 is 39.4 Å². The molecule has 0 aliphatic heterocycles. The summed E-state index contributed by atoms with van der Waals surface area (Å²) in [4.78, 5) is 13.0. The second kappa shape index (κ2) is 12.8. The van der Waals surface area contributed by atoms with E-state index in [1.54, 1.807) is 60.7 Å². The van der Waals surface area contributed by atoms with Crippen LogP contribution in [0.3, 0.4) is 0 Å². The van der Waals surface area contributed by atoms with Crippen molar-refractivity contribution in [1.29, 1.82) is 0 Å². The van der Waals surface area contributed by atoms with Crippen LogP contribution < -0.4 is 14.5 Å². The van der Waals surface area contributed by atoms with E-state index in [1.165, 1.54) is 6.21 Å². The number of anilines is 1. The highest BCUT2D eigenvalue weighted by molar-refractivity contribution is 7.92. The number of nitrogens with zero attached hydrogens (tertiary/aromatic N) is 2. The van der Waals surface area contributed by atoms with Gasteiger partial charge < -0.3 is 4.74 Å². The minimum atomic E-state index is -4.01. The number of hydrazone groups is 1. The van der Waals surface area contributed by atoms with Gasteiger partial charge in [0.2, 0.25) is 0 Å². The van der Waals surface area contributed by atoms with E-state index in [0.717, 1.165) is 32.1 Å². The summed E-state index contributed by atoms with van der Waals surface area (Å²) in [5.41, 5.74) is 7.29. The van der Waals surface area contributed by atoms with Crippen LogP contribution in [-0.2, 0) is 21.4 Å². The highest BCUT2D eigenvalue weighted by atomic mass is 35.5. The van der Waals surface area contributed by atoms with Crippen LogP contribution in [0.25, 0.3) is 0 Å². The number of benzene rings is 4. The number of sulfonamides is 1. The average Bonchev–Trinajstić information content (AvgIpc) is 2.92. The van der Waals surface area contributed by atoms with Gasteiger partial charge in [0, 0.05) is 5.02 Å². The molecule has 206 valence electrons. The van der Waals surface area contributed by atoms with Crippen LogP contribution in [0.2, 0.25) is 5.02 Å². The van der Waals surface area contributed by atoms with Crippen LogP contribution in [0.15, 0.2) is 101 Å². The Labute approximate surface area is 240 Å². The molecule has 40 heavy (non-hydrogen) atoms. The lowest BCUT2D eigenvalue weighted by molar-refractivity contribution is -0.119. The van der Waals surface area contributed by atoms with Gasteiger partial charge in [0.05, 0.1) is 16.8 Å². The SMILES string of the molecule is Cc1ccc(S(=O)(=O)N(CC(=O)N/N=C\c2ccc(OCc3ccc(Cl)cc3)cc2)c2cc(C)cc(C)c2)cc1. The Balaban J connectivity index is 1.42. The van der Waals surface area contributed by atoms with E-state index < -0.39 is 22.5 Å². The quantitative estimate of drug-likeness (QED) is 0.180. The molecule has 9 heteroatoms. The predicted octanol–water partition coefficient (Wildman–Crippen LogP) is 6.19. The molecule has 0 atom stereocenters. The first-order valence-corrected chi connectivity index (χ1v) is 14.4. The van der Waals surface area contributed by atoms with Crippen molar-refractivity contribution in [3.63, 3.8) is 0 Å². The molecular weight excluding hydrogens is 546 g/mol. The van der Waals surface area contributed by atoms with Crippen LogP contribution in [0, 0.1) is 20.8 Å². The number of hydrogen-bond donors (Lipinski definition) is 1. The maximum atomic E-state index is 13.6. The van der Waals surface area contributed by atoms with E-state index in [0.29, 0.717) is 23.1 Å². The minimum Gasteiger partial charge on any atom is -0.489 e. The average molecular weight is 576 g/mol. The number of halogens is 1. The molecule has 0 aliphatic carbocycles. The van der Waals surface area contributed by atoms with Gasteiger partial charge in [-0.05, 0) is 104 Å². The third kappa shape index (κ3) is 7.71. The Morgan fingerprint density at radius 3 is 2.12 bits per heavy atom. The maximum absolute atomic E-state index is 13.6. The van der Waals surface area contributed by atoms with E-state index in [9.17, 15) is 13.2 Å². The van der Waals surface area contributed by atoms with Crippen molar-refractivity contribution in [3.05, 3.63) is 124 Å². The van der Waals surface area contributed by atoms with Crippen molar-refractivity contribution in [1.82, 2.24) is 5.43 Å². The molecular formula is C31H30ClN3O4S. The highest BCUT2D eigenvalue weighted by Crippen LogP contribution is 2.26. The van der Waals surface area contributed by atoms with Crippen molar-refractivity contribution in [2.75, 3.05) is 10.8 Å². The summed E-state index contributed by atoms with van der Waals surface area (Å²) in [5, 5.41) is 4.69. The third-order valence-electron chi connectivity index (χ3n) is 5.99. The molecule has 1 N–H and O–H groups in total. The Morgan fingerprint density at radius 1 is 0.875 bits per heavy atom. The lowest BCUT2D eigenvalue weighted by atomic mass is 10.1. The summed E-state index contributed by atoms with van der Waals surface area (Å²) in [7, 11) is -4.01.